The van der Waals surface area contributed by atoms with Gasteiger partial charge in [0.2, 0.25) is 0 Å². The van der Waals surface area contributed by atoms with Crippen LogP contribution in [0.3, 0.4) is 0 Å². The monoisotopic (exact) mass is 291 g/mol. The molecule has 5 heteroatoms. The van der Waals surface area contributed by atoms with E-state index in [0.717, 1.165) is 17.8 Å². The van der Waals surface area contributed by atoms with E-state index in [2.05, 4.69) is 14.9 Å². The normalized spacial score (nSPS) is 12.6. The number of methoxy groups -OCH3 is 1. The van der Waals surface area contributed by atoms with Gasteiger partial charge in [0, 0.05) is 26.4 Å². The molecule has 1 N–H and O–H groups in total. The minimum Gasteiger partial charge on any atom is -0.383 e. The standard InChI is InChI=1S/C16H22FN3O/c1-12-4-5-14(8-16(12)17)13(2)20-11-19-10-15(20)9-18-6-7-21-3/h4-5,8,10-11,13,18H,6-7,9H2,1-3H3. The van der Waals surface area contributed by atoms with Crippen molar-refractivity contribution in [2.75, 3.05) is 20.3 Å². The van der Waals surface area contributed by atoms with Crippen LogP contribution in [0.15, 0.2) is 30.7 Å². The highest BCUT2D eigenvalue weighted by atomic mass is 19.1. The lowest BCUT2D eigenvalue weighted by Gasteiger charge is -2.18. The van der Waals surface area contributed by atoms with Gasteiger partial charge in [-0.1, -0.05) is 12.1 Å². The molecule has 0 aliphatic heterocycles. The van der Waals surface area contributed by atoms with Crippen molar-refractivity contribution in [1.82, 2.24) is 14.9 Å². The molecule has 0 amide bonds. The molecule has 21 heavy (non-hydrogen) atoms. The molecular formula is C16H22FN3O. The predicted molar refractivity (Wildman–Crippen MR) is 80.8 cm³/mol. The Morgan fingerprint density at radius 3 is 2.95 bits per heavy atom. The molecule has 1 unspecified atom stereocenters. The van der Waals surface area contributed by atoms with Crippen molar-refractivity contribution < 1.29 is 9.13 Å². The minimum atomic E-state index is -0.167. The first kappa shape index (κ1) is 15.7. The lowest BCUT2D eigenvalue weighted by atomic mass is 10.1. The van der Waals surface area contributed by atoms with Gasteiger partial charge in [-0.15, -0.1) is 0 Å². The maximum Gasteiger partial charge on any atom is 0.126 e. The average molecular weight is 291 g/mol. The number of nitrogens with one attached hydrogen (secondary N) is 1. The molecule has 0 aliphatic carbocycles. The molecule has 2 aromatic rings. The fourth-order valence-corrected chi connectivity index (χ4v) is 2.24. The summed E-state index contributed by atoms with van der Waals surface area (Å²) in [4.78, 5) is 4.21. The molecule has 1 heterocycles. The van der Waals surface area contributed by atoms with Gasteiger partial charge in [-0.05, 0) is 31.0 Å². The number of aryl methyl sites for hydroxylation is 1. The summed E-state index contributed by atoms with van der Waals surface area (Å²) in [5, 5.41) is 3.30. The highest BCUT2D eigenvalue weighted by Gasteiger charge is 2.12. The minimum absolute atomic E-state index is 0.0434. The quantitative estimate of drug-likeness (QED) is 0.797. The Kier molecular flexibility index (Phi) is 5.47. The lowest BCUT2D eigenvalue weighted by molar-refractivity contribution is 0.199. The summed E-state index contributed by atoms with van der Waals surface area (Å²) in [6.45, 7) is 5.99. The van der Waals surface area contributed by atoms with Crippen LogP contribution in [0.4, 0.5) is 4.39 Å². The summed E-state index contributed by atoms with van der Waals surface area (Å²) in [5.41, 5.74) is 2.67. The zero-order chi connectivity index (χ0) is 15.2. The molecule has 114 valence electrons. The fourth-order valence-electron chi connectivity index (χ4n) is 2.24. The van der Waals surface area contributed by atoms with E-state index >= 15 is 0 Å². The molecular weight excluding hydrogens is 269 g/mol. The van der Waals surface area contributed by atoms with Gasteiger partial charge in [0.25, 0.3) is 0 Å². The summed E-state index contributed by atoms with van der Waals surface area (Å²) in [7, 11) is 1.68. The van der Waals surface area contributed by atoms with Crippen molar-refractivity contribution in [3.63, 3.8) is 0 Å². The van der Waals surface area contributed by atoms with E-state index < -0.39 is 0 Å². The number of benzene rings is 1. The number of ether oxygens (including phenoxy) is 1. The van der Waals surface area contributed by atoms with Crippen LogP contribution in [0.5, 0.6) is 0 Å². The lowest BCUT2D eigenvalue weighted by Crippen LogP contribution is -2.21. The zero-order valence-electron chi connectivity index (χ0n) is 12.8. The smallest absolute Gasteiger partial charge is 0.126 e. The van der Waals surface area contributed by atoms with Gasteiger partial charge in [0.1, 0.15) is 5.82 Å². The molecule has 4 nitrogen and oxygen atoms in total. The second-order valence-corrected chi connectivity index (χ2v) is 5.15. The first-order valence-corrected chi connectivity index (χ1v) is 7.10. The van der Waals surface area contributed by atoms with Gasteiger partial charge >= 0.3 is 0 Å². The maximum absolute atomic E-state index is 13.7. The van der Waals surface area contributed by atoms with Gasteiger partial charge < -0.3 is 14.6 Å². The molecule has 1 aromatic heterocycles. The molecule has 0 spiro atoms. The number of hydrogen-bond donors (Lipinski definition) is 1. The van der Waals surface area contributed by atoms with Gasteiger partial charge in [-0.2, -0.15) is 0 Å². The molecule has 1 atom stereocenters. The van der Waals surface area contributed by atoms with Crippen LogP contribution in [-0.4, -0.2) is 29.8 Å². The summed E-state index contributed by atoms with van der Waals surface area (Å²) >= 11 is 0. The van der Waals surface area contributed by atoms with Crippen LogP contribution in [0.25, 0.3) is 0 Å². The van der Waals surface area contributed by atoms with E-state index in [9.17, 15) is 4.39 Å². The van der Waals surface area contributed by atoms with Crippen molar-refractivity contribution in [2.45, 2.75) is 26.4 Å². The highest BCUT2D eigenvalue weighted by molar-refractivity contribution is 5.26. The number of hydrogen-bond acceptors (Lipinski definition) is 3. The number of imidazole rings is 1. The number of halogens is 1. The Morgan fingerprint density at radius 2 is 2.24 bits per heavy atom. The second-order valence-electron chi connectivity index (χ2n) is 5.15. The van der Waals surface area contributed by atoms with E-state index in [1.165, 1.54) is 0 Å². The Bertz CT molecular complexity index is 583. The Morgan fingerprint density at radius 1 is 1.43 bits per heavy atom. The Hall–Kier alpha value is -1.72. The van der Waals surface area contributed by atoms with Crippen LogP contribution >= 0.6 is 0 Å². The SMILES string of the molecule is COCCNCc1cncn1C(C)c1ccc(C)c(F)c1. The molecule has 0 aliphatic rings. The molecule has 0 bridgehead atoms. The van der Waals surface area contributed by atoms with Gasteiger partial charge in [0.05, 0.1) is 24.7 Å². The van der Waals surface area contributed by atoms with Crippen LogP contribution in [0, 0.1) is 12.7 Å². The molecule has 1 aromatic carbocycles. The topological polar surface area (TPSA) is 39.1 Å². The summed E-state index contributed by atoms with van der Waals surface area (Å²) < 4.78 is 20.8. The molecule has 0 saturated heterocycles. The summed E-state index contributed by atoms with van der Waals surface area (Å²) in [6.07, 6.45) is 3.62. The van der Waals surface area contributed by atoms with E-state index in [4.69, 9.17) is 4.74 Å². The summed E-state index contributed by atoms with van der Waals surface area (Å²) in [5.74, 6) is -0.167. The fraction of sp³-hybridized carbons (Fsp3) is 0.438. The largest absolute Gasteiger partial charge is 0.383 e. The molecule has 0 fully saturated rings. The maximum atomic E-state index is 13.7. The van der Waals surface area contributed by atoms with E-state index in [0.29, 0.717) is 18.7 Å². The Balaban J connectivity index is 2.10. The van der Waals surface area contributed by atoms with Crippen LogP contribution in [0.2, 0.25) is 0 Å². The van der Waals surface area contributed by atoms with E-state index in [1.54, 1.807) is 26.4 Å². The number of nitrogens with zero attached hydrogens (tertiary/aromatic N) is 2. The van der Waals surface area contributed by atoms with Crippen LogP contribution < -0.4 is 5.32 Å². The van der Waals surface area contributed by atoms with Crippen molar-refractivity contribution in [1.29, 1.82) is 0 Å². The van der Waals surface area contributed by atoms with Gasteiger partial charge in [-0.3, -0.25) is 0 Å². The second kappa shape index (κ2) is 7.33. The average Bonchev–Trinajstić information content (AvgIpc) is 2.94. The van der Waals surface area contributed by atoms with Crippen LogP contribution in [0.1, 0.15) is 29.8 Å². The third-order valence-corrected chi connectivity index (χ3v) is 3.63. The summed E-state index contributed by atoms with van der Waals surface area (Å²) in [6, 6.07) is 5.42. The van der Waals surface area contributed by atoms with Crippen LogP contribution in [-0.2, 0) is 11.3 Å². The third-order valence-electron chi connectivity index (χ3n) is 3.63. The van der Waals surface area contributed by atoms with E-state index in [-0.39, 0.29) is 11.9 Å². The number of rotatable bonds is 7. The van der Waals surface area contributed by atoms with Crippen molar-refractivity contribution in [2.24, 2.45) is 0 Å². The van der Waals surface area contributed by atoms with Crippen molar-refractivity contribution in [3.8, 4) is 0 Å². The molecule has 0 saturated carbocycles. The predicted octanol–water partition coefficient (Wildman–Crippen LogP) is 2.68. The third kappa shape index (κ3) is 3.89. The molecule has 0 radical (unpaired) electrons. The van der Waals surface area contributed by atoms with Crippen molar-refractivity contribution >= 4 is 0 Å². The van der Waals surface area contributed by atoms with E-state index in [1.807, 2.05) is 25.3 Å². The molecule has 2 rings (SSSR count). The first-order chi connectivity index (χ1) is 10.1. The van der Waals surface area contributed by atoms with Gasteiger partial charge in [-0.25, -0.2) is 9.37 Å². The number of aromatic nitrogens is 2. The zero-order valence-corrected chi connectivity index (χ0v) is 12.8. The first-order valence-electron chi connectivity index (χ1n) is 7.10. The Labute approximate surface area is 125 Å². The van der Waals surface area contributed by atoms with Gasteiger partial charge in [0.15, 0.2) is 0 Å². The highest BCUT2D eigenvalue weighted by Crippen LogP contribution is 2.21. The van der Waals surface area contributed by atoms with Crippen molar-refractivity contribution in [3.05, 3.63) is 53.4 Å².